The molecule has 0 amide bonds. The highest BCUT2D eigenvalue weighted by Gasteiger charge is 2.17. The number of hydrogen-bond donors (Lipinski definition) is 2. The highest BCUT2D eigenvalue weighted by Crippen LogP contribution is 2.27. The quantitative estimate of drug-likeness (QED) is 0.500. The van der Waals surface area contributed by atoms with Crippen LogP contribution < -0.4 is 16.0 Å². The Bertz CT molecular complexity index is 1090. The molecule has 3 N–H and O–H groups in total. The Balaban J connectivity index is 1.70. The first kappa shape index (κ1) is 18.4. The van der Waals surface area contributed by atoms with Crippen LogP contribution in [0, 0.1) is 11.6 Å². The third-order valence-electron chi connectivity index (χ3n) is 4.02. The number of nitrogens with two attached hydrogens (primary N) is 1. The minimum atomic E-state index is -0.361. The van der Waals surface area contributed by atoms with Crippen molar-refractivity contribution in [2.45, 2.75) is 6.54 Å². The van der Waals surface area contributed by atoms with Crippen LogP contribution in [0.15, 0.2) is 71.3 Å². The summed E-state index contributed by atoms with van der Waals surface area (Å²) in [5, 5.41) is 2.97. The number of aromatic nitrogens is 3. The van der Waals surface area contributed by atoms with Crippen LogP contribution in [0.3, 0.4) is 0 Å². The second-order valence-electron chi connectivity index (χ2n) is 6.09. The Morgan fingerprint density at radius 1 is 0.897 bits per heavy atom. The van der Waals surface area contributed by atoms with Crippen LogP contribution >= 0.6 is 0 Å². The molecule has 0 atom stereocenters. The monoisotopic (exact) mass is 394 g/mol. The zero-order valence-electron chi connectivity index (χ0n) is 15.1. The number of anilines is 5. The molecule has 0 spiro atoms. The minimum absolute atomic E-state index is 0.00818. The maximum Gasteiger partial charge on any atom is 0.236 e. The molecule has 0 aliphatic carbocycles. The lowest BCUT2D eigenvalue weighted by Gasteiger charge is -2.22. The maximum atomic E-state index is 13.4. The van der Waals surface area contributed by atoms with E-state index >= 15 is 0 Å². The van der Waals surface area contributed by atoms with Crippen LogP contribution in [-0.4, -0.2) is 15.0 Å². The largest absolute Gasteiger partial charge is 0.467 e. The highest BCUT2D eigenvalue weighted by atomic mass is 19.1. The SMILES string of the molecule is Nc1nc(Nc2ccc(F)cc2)nc(N(Cc2ccco2)c2ccc(F)cc2)n1. The summed E-state index contributed by atoms with van der Waals surface area (Å²) in [6, 6.07) is 15.2. The van der Waals surface area contributed by atoms with Crippen molar-refractivity contribution >= 4 is 29.2 Å². The topological polar surface area (TPSA) is 93.1 Å². The molecule has 0 saturated carbocycles. The standard InChI is InChI=1S/C20H16F2N6O/c21-13-3-7-15(8-4-13)24-19-25-18(23)26-20(27-19)28(12-17-2-1-11-29-17)16-9-5-14(22)6-10-16/h1-11H,12H2,(H3,23,24,25,26,27). The third kappa shape index (κ3) is 4.46. The van der Waals surface area contributed by atoms with E-state index in [9.17, 15) is 8.78 Å². The van der Waals surface area contributed by atoms with Crippen LogP contribution in [0.1, 0.15) is 5.76 Å². The van der Waals surface area contributed by atoms with Gasteiger partial charge in [-0.25, -0.2) is 8.78 Å². The average molecular weight is 394 g/mol. The number of nitrogen functional groups attached to an aromatic ring is 1. The summed E-state index contributed by atoms with van der Waals surface area (Å²) in [4.78, 5) is 14.4. The van der Waals surface area contributed by atoms with E-state index in [2.05, 4.69) is 20.3 Å². The zero-order valence-corrected chi connectivity index (χ0v) is 15.1. The molecule has 0 radical (unpaired) electrons. The van der Waals surface area contributed by atoms with Crippen molar-refractivity contribution in [3.05, 3.63) is 84.3 Å². The summed E-state index contributed by atoms with van der Waals surface area (Å²) in [5.41, 5.74) is 7.10. The van der Waals surface area contributed by atoms with Crippen molar-refractivity contribution in [1.29, 1.82) is 0 Å². The lowest BCUT2D eigenvalue weighted by molar-refractivity contribution is 0.509. The molecule has 2 aromatic heterocycles. The molecule has 0 saturated heterocycles. The fourth-order valence-electron chi connectivity index (χ4n) is 2.68. The van der Waals surface area contributed by atoms with E-state index in [0.29, 0.717) is 17.1 Å². The van der Waals surface area contributed by atoms with Gasteiger partial charge in [0, 0.05) is 11.4 Å². The number of nitrogens with one attached hydrogen (secondary N) is 1. The van der Waals surface area contributed by atoms with Gasteiger partial charge in [0.05, 0.1) is 12.8 Å². The number of halogens is 2. The minimum Gasteiger partial charge on any atom is -0.467 e. The molecule has 0 unspecified atom stereocenters. The van der Waals surface area contributed by atoms with Crippen LogP contribution in [-0.2, 0) is 6.54 Å². The molecule has 0 fully saturated rings. The van der Waals surface area contributed by atoms with Crippen molar-refractivity contribution in [2.24, 2.45) is 0 Å². The van der Waals surface area contributed by atoms with E-state index in [1.165, 1.54) is 24.3 Å². The molecular weight excluding hydrogens is 378 g/mol. The third-order valence-corrected chi connectivity index (χ3v) is 4.02. The normalized spacial score (nSPS) is 10.7. The number of furan rings is 1. The predicted octanol–water partition coefficient (Wildman–Crippen LogP) is 4.41. The number of benzene rings is 2. The van der Waals surface area contributed by atoms with Crippen LogP contribution in [0.4, 0.5) is 38.0 Å². The lowest BCUT2D eigenvalue weighted by Crippen LogP contribution is -2.20. The van der Waals surface area contributed by atoms with E-state index in [4.69, 9.17) is 10.2 Å². The van der Waals surface area contributed by atoms with E-state index < -0.39 is 0 Å². The molecule has 7 nitrogen and oxygen atoms in total. The molecule has 4 aromatic rings. The van der Waals surface area contributed by atoms with Crippen molar-refractivity contribution in [3.63, 3.8) is 0 Å². The van der Waals surface area contributed by atoms with Crippen molar-refractivity contribution in [1.82, 2.24) is 15.0 Å². The molecule has 29 heavy (non-hydrogen) atoms. The second kappa shape index (κ2) is 7.93. The smallest absolute Gasteiger partial charge is 0.236 e. The average Bonchev–Trinajstić information content (AvgIpc) is 3.22. The zero-order chi connectivity index (χ0) is 20.2. The van der Waals surface area contributed by atoms with Crippen molar-refractivity contribution in [3.8, 4) is 0 Å². The van der Waals surface area contributed by atoms with Crippen molar-refractivity contribution < 1.29 is 13.2 Å². The Morgan fingerprint density at radius 3 is 2.24 bits per heavy atom. The van der Waals surface area contributed by atoms with Gasteiger partial charge in [-0.2, -0.15) is 15.0 Å². The summed E-state index contributed by atoms with van der Waals surface area (Å²) < 4.78 is 31.9. The van der Waals surface area contributed by atoms with Gasteiger partial charge in [-0.3, -0.25) is 0 Å². The van der Waals surface area contributed by atoms with Crippen molar-refractivity contribution in [2.75, 3.05) is 16.0 Å². The van der Waals surface area contributed by atoms with Gasteiger partial charge in [-0.05, 0) is 60.7 Å². The van der Waals surface area contributed by atoms with E-state index in [0.717, 1.165) is 0 Å². The highest BCUT2D eigenvalue weighted by molar-refractivity contribution is 5.61. The summed E-state index contributed by atoms with van der Waals surface area (Å²) >= 11 is 0. The number of nitrogens with zero attached hydrogens (tertiary/aromatic N) is 4. The van der Waals surface area contributed by atoms with Gasteiger partial charge in [0.25, 0.3) is 0 Å². The Kier molecular flexibility index (Phi) is 5.02. The fraction of sp³-hybridized carbons (Fsp3) is 0.0500. The van der Waals surface area contributed by atoms with Crippen LogP contribution in [0.2, 0.25) is 0 Å². The molecule has 0 aliphatic rings. The summed E-state index contributed by atoms with van der Waals surface area (Å²) in [7, 11) is 0. The first-order valence-electron chi connectivity index (χ1n) is 8.66. The van der Waals surface area contributed by atoms with Gasteiger partial charge in [-0.15, -0.1) is 0 Å². The van der Waals surface area contributed by atoms with Gasteiger partial charge in [0.15, 0.2) is 0 Å². The fourth-order valence-corrected chi connectivity index (χ4v) is 2.68. The van der Waals surface area contributed by atoms with Gasteiger partial charge >= 0.3 is 0 Å². The Morgan fingerprint density at radius 2 is 1.59 bits per heavy atom. The number of hydrogen-bond acceptors (Lipinski definition) is 7. The molecule has 0 aliphatic heterocycles. The molecular formula is C20H16F2N6O. The maximum absolute atomic E-state index is 13.4. The Labute approximate surface area is 164 Å². The van der Waals surface area contributed by atoms with E-state index in [1.54, 1.807) is 47.6 Å². The molecule has 4 rings (SSSR count). The van der Waals surface area contributed by atoms with Crippen LogP contribution in [0.25, 0.3) is 0 Å². The molecule has 146 valence electrons. The van der Waals surface area contributed by atoms with Crippen LogP contribution in [0.5, 0.6) is 0 Å². The molecule has 2 heterocycles. The van der Waals surface area contributed by atoms with Gasteiger partial charge in [0.1, 0.15) is 17.4 Å². The number of rotatable bonds is 6. The predicted molar refractivity (Wildman–Crippen MR) is 105 cm³/mol. The molecule has 2 aromatic carbocycles. The van der Waals surface area contributed by atoms with Gasteiger partial charge < -0.3 is 20.4 Å². The van der Waals surface area contributed by atoms with Gasteiger partial charge in [-0.1, -0.05) is 0 Å². The first-order chi connectivity index (χ1) is 14.1. The second-order valence-corrected chi connectivity index (χ2v) is 6.09. The summed E-state index contributed by atoms with van der Waals surface area (Å²) in [5.74, 6) is 0.358. The lowest BCUT2D eigenvalue weighted by atomic mass is 10.2. The van der Waals surface area contributed by atoms with E-state index in [1.807, 2.05) is 0 Å². The Hall–Kier alpha value is -4.01. The van der Waals surface area contributed by atoms with Gasteiger partial charge in [0.2, 0.25) is 17.8 Å². The first-order valence-corrected chi connectivity index (χ1v) is 8.66. The molecule has 9 heteroatoms. The summed E-state index contributed by atoms with van der Waals surface area (Å²) in [6.45, 7) is 0.290. The van der Waals surface area contributed by atoms with E-state index in [-0.39, 0.29) is 36.0 Å². The summed E-state index contributed by atoms with van der Waals surface area (Å²) in [6.07, 6.45) is 1.56. The molecule has 0 bridgehead atoms.